The van der Waals surface area contributed by atoms with Gasteiger partial charge in [-0.05, 0) is 58.2 Å². The van der Waals surface area contributed by atoms with Gasteiger partial charge in [-0.25, -0.2) is 0 Å². The molecule has 1 fully saturated rings. The van der Waals surface area contributed by atoms with Crippen LogP contribution in [0.3, 0.4) is 0 Å². The van der Waals surface area contributed by atoms with E-state index in [1.807, 2.05) is 6.92 Å². The number of piperidine rings is 1. The molecule has 1 saturated heterocycles. The van der Waals surface area contributed by atoms with Gasteiger partial charge in [0, 0.05) is 13.1 Å². The monoisotopic (exact) mass is 242 g/mol. The highest BCUT2D eigenvalue weighted by Crippen LogP contribution is 2.17. The standard InChI is InChI=1S/C14H30N2O/c1-12(2)8-14(3,17)11-15-9-13-6-5-7-16(4)10-13/h12-13,15,17H,5-11H2,1-4H3. The quantitative estimate of drug-likeness (QED) is 0.744. The Morgan fingerprint density at radius 1 is 1.47 bits per heavy atom. The van der Waals surface area contributed by atoms with Gasteiger partial charge in [-0.1, -0.05) is 13.8 Å². The fraction of sp³-hybridized carbons (Fsp3) is 1.00. The highest BCUT2D eigenvalue weighted by Gasteiger charge is 2.22. The summed E-state index contributed by atoms with van der Waals surface area (Å²) < 4.78 is 0. The summed E-state index contributed by atoms with van der Waals surface area (Å²) in [6.07, 6.45) is 3.50. The third-order valence-electron chi connectivity index (χ3n) is 3.51. The van der Waals surface area contributed by atoms with Crippen molar-refractivity contribution < 1.29 is 5.11 Å². The zero-order valence-electron chi connectivity index (χ0n) is 12.0. The minimum Gasteiger partial charge on any atom is -0.389 e. The molecule has 3 nitrogen and oxygen atoms in total. The molecule has 1 heterocycles. The van der Waals surface area contributed by atoms with Crippen molar-refractivity contribution in [2.75, 3.05) is 33.2 Å². The second kappa shape index (κ2) is 6.72. The van der Waals surface area contributed by atoms with Crippen molar-refractivity contribution in [2.24, 2.45) is 11.8 Å². The maximum Gasteiger partial charge on any atom is 0.0746 e. The van der Waals surface area contributed by atoms with Crippen molar-refractivity contribution in [1.82, 2.24) is 10.2 Å². The maximum absolute atomic E-state index is 10.2. The minimum absolute atomic E-state index is 0.549. The maximum atomic E-state index is 10.2. The lowest BCUT2D eigenvalue weighted by molar-refractivity contribution is 0.0369. The first kappa shape index (κ1) is 14.9. The van der Waals surface area contributed by atoms with Gasteiger partial charge in [0.25, 0.3) is 0 Å². The molecule has 2 N–H and O–H groups in total. The lowest BCUT2D eigenvalue weighted by Crippen LogP contribution is -2.43. The van der Waals surface area contributed by atoms with E-state index in [1.54, 1.807) is 0 Å². The zero-order valence-corrected chi connectivity index (χ0v) is 12.0. The molecule has 0 aliphatic carbocycles. The molecule has 3 heteroatoms. The molecule has 0 aromatic carbocycles. The van der Waals surface area contributed by atoms with Gasteiger partial charge in [0.15, 0.2) is 0 Å². The summed E-state index contributed by atoms with van der Waals surface area (Å²) in [7, 11) is 2.20. The normalized spacial score (nSPS) is 26.1. The number of nitrogens with one attached hydrogen (secondary N) is 1. The Labute approximate surface area is 107 Å². The van der Waals surface area contributed by atoms with Crippen LogP contribution < -0.4 is 5.32 Å². The molecular formula is C14H30N2O. The lowest BCUT2D eigenvalue weighted by atomic mass is 9.93. The topological polar surface area (TPSA) is 35.5 Å². The average molecular weight is 242 g/mol. The summed E-state index contributed by atoms with van der Waals surface area (Å²) in [5, 5.41) is 13.6. The van der Waals surface area contributed by atoms with Crippen LogP contribution in [0.15, 0.2) is 0 Å². The average Bonchev–Trinajstić information content (AvgIpc) is 2.15. The van der Waals surface area contributed by atoms with Gasteiger partial charge in [-0.15, -0.1) is 0 Å². The molecule has 0 bridgehead atoms. The molecule has 1 aliphatic heterocycles. The van der Waals surface area contributed by atoms with E-state index >= 15 is 0 Å². The lowest BCUT2D eigenvalue weighted by Gasteiger charge is -2.31. The van der Waals surface area contributed by atoms with Gasteiger partial charge >= 0.3 is 0 Å². The summed E-state index contributed by atoms with van der Waals surface area (Å²) >= 11 is 0. The first-order chi connectivity index (χ1) is 7.89. The Hall–Kier alpha value is -0.120. The van der Waals surface area contributed by atoms with Crippen LogP contribution in [0.1, 0.15) is 40.0 Å². The molecule has 0 amide bonds. The van der Waals surface area contributed by atoms with Crippen molar-refractivity contribution in [2.45, 2.75) is 45.6 Å². The summed E-state index contributed by atoms with van der Waals surface area (Å²) in [4.78, 5) is 2.40. The Morgan fingerprint density at radius 3 is 2.76 bits per heavy atom. The van der Waals surface area contributed by atoms with Crippen molar-refractivity contribution in [3.05, 3.63) is 0 Å². The van der Waals surface area contributed by atoms with Gasteiger partial charge < -0.3 is 15.3 Å². The molecule has 1 rings (SSSR count). The number of likely N-dealkylation sites (tertiary alicyclic amines) is 1. The van der Waals surface area contributed by atoms with E-state index in [9.17, 15) is 5.11 Å². The molecule has 17 heavy (non-hydrogen) atoms. The highest BCUT2D eigenvalue weighted by molar-refractivity contribution is 4.79. The minimum atomic E-state index is -0.561. The largest absolute Gasteiger partial charge is 0.389 e. The van der Waals surface area contributed by atoms with Gasteiger partial charge in [0.2, 0.25) is 0 Å². The second-order valence-electron chi connectivity index (χ2n) is 6.50. The van der Waals surface area contributed by atoms with E-state index < -0.39 is 5.60 Å². The van der Waals surface area contributed by atoms with E-state index in [4.69, 9.17) is 0 Å². The predicted molar refractivity (Wildman–Crippen MR) is 73.2 cm³/mol. The van der Waals surface area contributed by atoms with Gasteiger partial charge in [0.05, 0.1) is 5.60 Å². The smallest absolute Gasteiger partial charge is 0.0746 e. The third kappa shape index (κ3) is 6.39. The summed E-state index contributed by atoms with van der Waals surface area (Å²) in [5.74, 6) is 1.30. The summed E-state index contributed by atoms with van der Waals surface area (Å²) in [6.45, 7) is 10.4. The Balaban J connectivity index is 2.18. The molecule has 2 atom stereocenters. The highest BCUT2D eigenvalue weighted by atomic mass is 16.3. The van der Waals surface area contributed by atoms with Crippen molar-refractivity contribution >= 4 is 0 Å². The first-order valence-corrected chi connectivity index (χ1v) is 7.01. The Morgan fingerprint density at radius 2 is 2.18 bits per heavy atom. The molecule has 0 spiro atoms. The Bertz CT molecular complexity index is 216. The van der Waals surface area contributed by atoms with Crippen LogP contribution in [-0.4, -0.2) is 48.8 Å². The van der Waals surface area contributed by atoms with Crippen molar-refractivity contribution in [3.8, 4) is 0 Å². The van der Waals surface area contributed by atoms with Crippen LogP contribution in [0.2, 0.25) is 0 Å². The van der Waals surface area contributed by atoms with Crippen LogP contribution >= 0.6 is 0 Å². The summed E-state index contributed by atoms with van der Waals surface area (Å²) in [6, 6.07) is 0. The van der Waals surface area contributed by atoms with E-state index in [0.29, 0.717) is 12.5 Å². The van der Waals surface area contributed by atoms with Crippen LogP contribution in [0.4, 0.5) is 0 Å². The van der Waals surface area contributed by atoms with Gasteiger partial charge in [-0.2, -0.15) is 0 Å². The molecule has 1 aliphatic rings. The third-order valence-corrected chi connectivity index (χ3v) is 3.51. The first-order valence-electron chi connectivity index (χ1n) is 7.01. The van der Waals surface area contributed by atoms with Crippen molar-refractivity contribution in [1.29, 1.82) is 0 Å². The molecular weight excluding hydrogens is 212 g/mol. The Kier molecular flexibility index (Phi) is 5.90. The number of hydrogen-bond donors (Lipinski definition) is 2. The van der Waals surface area contributed by atoms with Crippen LogP contribution in [-0.2, 0) is 0 Å². The van der Waals surface area contributed by atoms with E-state index in [1.165, 1.54) is 25.9 Å². The molecule has 0 saturated carbocycles. The molecule has 0 radical (unpaired) electrons. The number of aliphatic hydroxyl groups is 1. The van der Waals surface area contributed by atoms with Crippen molar-refractivity contribution in [3.63, 3.8) is 0 Å². The van der Waals surface area contributed by atoms with E-state index in [0.717, 1.165) is 18.9 Å². The molecule has 0 aromatic heterocycles. The summed E-state index contributed by atoms with van der Waals surface area (Å²) in [5.41, 5.74) is -0.561. The fourth-order valence-electron chi connectivity index (χ4n) is 2.94. The number of rotatable bonds is 6. The van der Waals surface area contributed by atoms with Gasteiger partial charge in [0.1, 0.15) is 0 Å². The number of hydrogen-bond acceptors (Lipinski definition) is 3. The fourth-order valence-corrected chi connectivity index (χ4v) is 2.94. The van der Waals surface area contributed by atoms with E-state index in [-0.39, 0.29) is 0 Å². The van der Waals surface area contributed by atoms with Crippen LogP contribution in [0, 0.1) is 11.8 Å². The SMILES string of the molecule is CC(C)CC(C)(O)CNCC1CCCN(C)C1. The zero-order chi connectivity index (χ0) is 12.9. The van der Waals surface area contributed by atoms with Crippen LogP contribution in [0.5, 0.6) is 0 Å². The number of nitrogens with zero attached hydrogens (tertiary/aromatic N) is 1. The van der Waals surface area contributed by atoms with Crippen LogP contribution in [0.25, 0.3) is 0 Å². The molecule has 102 valence electrons. The predicted octanol–water partition coefficient (Wildman–Crippen LogP) is 1.71. The second-order valence-corrected chi connectivity index (χ2v) is 6.50. The van der Waals surface area contributed by atoms with E-state index in [2.05, 4.69) is 31.1 Å². The van der Waals surface area contributed by atoms with Gasteiger partial charge in [-0.3, -0.25) is 0 Å². The molecule has 2 unspecified atom stereocenters. The molecule has 0 aromatic rings.